The molecular formula is C12H11BrClFN2OS. The number of nitrogens with zero attached hydrogens (tertiary/aromatic N) is 1. The normalized spacial score (nSPS) is 12.6. The van der Waals surface area contributed by atoms with Crippen molar-refractivity contribution in [1.29, 1.82) is 0 Å². The van der Waals surface area contributed by atoms with Gasteiger partial charge in [0.15, 0.2) is 5.13 Å². The van der Waals surface area contributed by atoms with E-state index >= 15 is 0 Å². The molecule has 0 aliphatic rings. The van der Waals surface area contributed by atoms with Crippen LogP contribution in [0.3, 0.4) is 0 Å². The summed E-state index contributed by atoms with van der Waals surface area (Å²) in [7, 11) is 0. The zero-order valence-corrected chi connectivity index (χ0v) is 13.2. The molecule has 2 aromatic rings. The van der Waals surface area contributed by atoms with E-state index in [1.807, 2.05) is 6.92 Å². The molecule has 0 aliphatic carbocycles. The molecule has 1 amide bonds. The van der Waals surface area contributed by atoms with E-state index in [0.29, 0.717) is 15.3 Å². The summed E-state index contributed by atoms with van der Waals surface area (Å²) in [4.78, 5) is 15.8. The Bertz CT molecular complexity index is 619. The van der Waals surface area contributed by atoms with E-state index in [2.05, 4.69) is 26.2 Å². The predicted molar refractivity (Wildman–Crippen MR) is 80.8 cm³/mol. The lowest BCUT2D eigenvalue weighted by molar-refractivity contribution is -0.115. The smallest absolute Gasteiger partial charge is 0.239 e. The van der Waals surface area contributed by atoms with E-state index in [1.165, 1.54) is 23.5 Å². The van der Waals surface area contributed by atoms with Crippen molar-refractivity contribution in [2.24, 2.45) is 0 Å². The van der Waals surface area contributed by atoms with Gasteiger partial charge in [-0.2, -0.15) is 0 Å². The van der Waals surface area contributed by atoms with E-state index in [9.17, 15) is 9.18 Å². The van der Waals surface area contributed by atoms with Crippen LogP contribution in [0.2, 0.25) is 5.02 Å². The topological polar surface area (TPSA) is 42.0 Å². The van der Waals surface area contributed by atoms with Crippen LogP contribution in [0.4, 0.5) is 9.52 Å². The first-order valence-electron chi connectivity index (χ1n) is 5.71. The van der Waals surface area contributed by atoms with Gasteiger partial charge in [-0.3, -0.25) is 4.79 Å². The van der Waals surface area contributed by atoms with Crippen LogP contribution in [0.1, 0.15) is 19.8 Å². The Labute approximate surface area is 127 Å². The van der Waals surface area contributed by atoms with Crippen LogP contribution in [-0.4, -0.2) is 15.7 Å². The first-order valence-corrected chi connectivity index (χ1v) is 7.82. The zero-order valence-electron chi connectivity index (χ0n) is 10.0. The molecule has 0 unspecified atom stereocenters. The van der Waals surface area contributed by atoms with Crippen LogP contribution in [0.15, 0.2) is 12.1 Å². The lowest BCUT2D eigenvalue weighted by Crippen LogP contribution is -2.22. The third kappa shape index (κ3) is 3.43. The third-order valence-electron chi connectivity index (χ3n) is 2.47. The number of anilines is 1. The molecule has 0 bridgehead atoms. The zero-order chi connectivity index (χ0) is 14.0. The minimum atomic E-state index is -0.414. The van der Waals surface area contributed by atoms with Gasteiger partial charge in [0.1, 0.15) is 11.3 Å². The molecule has 3 nitrogen and oxygen atoms in total. The Morgan fingerprint density at radius 3 is 3.05 bits per heavy atom. The second kappa shape index (κ2) is 6.15. The fourth-order valence-electron chi connectivity index (χ4n) is 1.58. The maximum atomic E-state index is 13.2. The van der Waals surface area contributed by atoms with Gasteiger partial charge in [-0.15, -0.1) is 0 Å². The molecule has 102 valence electrons. The number of amides is 1. The van der Waals surface area contributed by atoms with Crippen molar-refractivity contribution in [2.45, 2.75) is 24.6 Å². The molecular weight excluding hydrogens is 355 g/mol. The van der Waals surface area contributed by atoms with Crippen molar-refractivity contribution in [3.8, 4) is 0 Å². The number of nitrogens with one attached hydrogen (secondary N) is 1. The molecule has 7 heteroatoms. The van der Waals surface area contributed by atoms with Crippen molar-refractivity contribution >= 4 is 60.1 Å². The molecule has 19 heavy (non-hydrogen) atoms. The van der Waals surface area contributed by atoms with Crippen LogP contribution in [-0.2, 0) is 4.79 Å². The van der Waals surface area contributed by atoms with Crippen molar-refractivity contribution in [3.63, 3.8) is 0 Å². The average Bonchev–Trinajstić information content (AvgIpc) is 2.72. The Hall–Kier alpha value is -0.720. The SMILES string of the molecule is CCC[C@@H](Br)C(=O)Nc1nc2c(Cl)cc(F)cc2s1. The number of alkyl halides is 1. The molecule has 0 fully saturated rings. The quantitative estimate of drug-likeness (QED) is 0.805. The van der Waals surface area contributed by atoms with Crippen molar-refractivity contribution < 1.29 is 9.18 Å². The summed E-state index contributed by atoms with van der Waals surface area (Å²) < 4.78 is 13.8. The highest BCUT2D eigenvalue weighted by atomic mass is 79.9. The number of hydrogen-bond acceptors (Lipinski definition) is 3. The van der Waals surface area contributed by atoms with Gasteiger partial charge in [-0.05, 0) is 18.6 Å². The van der Waals surface area contributed by atoms with Gasteiger partial charge in [0.05, 0.1) is 14.5 Å². The molecule has 0 saturated heterocycles. The molecule has 1 aromatic heterocycles. The lowest BCUT2D eigenvalue weighted by atomic mass is 10.2. The maximum absolute atomic E-state index is 13.2. The Morgan fingerprint density at radius 2 is 2.37 bits per heavy atom. The number of carbonyl (C=O) groups is 1. The number of hydrogen-bond donors (Lipinski definition) is 1. The number of carbonyl (C=O) groups excluding carboxylic acids is 1. The van der Waals surface area contributed by atoms with Crippen LogP contribution in [0.25, 0.3) is 10.2 Å². The minimum Gasteiger partial charge on any atom is -0.301 e. The molecule has 1 heterocycles. The third-order valence-corrected chi connectivity index (χ3v) is 4.55. The van der Waals surface area contributed by atoms with Crippen LogP contribution >= 0.6 is 38.9 Å². The number of rotatable bonds is 4. The Kier molecular flexibility index (Phi) is 4.76. The second-order valence-corrected chi connectivity index (χ2v) is 6.54. The summed E-state index contributed by atoms with van der Waals surface area (Å²) in [6, 6.07) is 2.56. The lowest BCUT2D eigenvalue weighted by Gasteiger charge is -2.06. The molecule has 1 aromatic carbocycles. The van der Waals surface area contributed by atoms with E-state index in [-0.39, 0.29) is 15.8 Å². The van der Waals surface area contributed by atoms with Gasteiger partial charge in [-0.25, -0.2) is 9.37 Å². The first-order chi connectivity index (χ1) is 9.01. The van der Waals surface area contributed by atoms with Crippen molar-refractivity contribution in [2.75, 3.05) is 5.32 Å². The molecule has 0 aliphatic heterocycles. The molecule has 0 saturated carbocycles. The van der Waals surface area contributed by atoms with Gasteiger partial charge in [0, 0.05) is 0 Å². The van der Waals surface area contributed by atoms with E-state index < -0.39 is 5.82 Å². The predicted octanol–water partition coefficient (Wildman–Crippen LogP) is 4.59. The minimum absolute atomic E-state index is 0.155. The summed E-state index contributed by atoms with van der Waals surface area (Å²) in [5, 5.41) is 3.37. The average molecular weight is 366 g/mol. The Balaban J connectivity index is 2.22. The molecule has 1 atom stereocenters. The van der Waals surface area contributed by atoms with Gasteiger partial charge in [-0.1, -0.05) is 52.2 Å². The highest BCUT2D eigenvalue weighted by molar-refractivity contribution is 9.10. The summed E-state index contributed by atoms with van der Waals surface area (Å²) in [5.41, 5.74) is 0.505. The summed E-state index contributed by atoms with van der Waals surface area (Å²) in [6.07, 6.45) is 1.65. The van der Waals surface area contributed by atoms with Gasteiger partial charge < -0.3 is 5.32 Å². The number of halogens is 3. The van der Waals surface area contributed by atoms with Crippen LogP contribution in [0, 0.1) is 5.82 Å². The largest absolute Gasteiger partial charge is 0.301 e. The Morgan fingerprint density at radius 1 is 1.63 bits per heavy atom. The van der Waals surface area contributed by atoms with Crippen molar-refractivity contribution in [1.82, 2.24) is 4.98 Å². The first kappa shape index (κ1) is 14.7. The number of aromatic nitrogens is 1. The second-order valence-electron chi connectivity index (χ2n) is 4.00. The van der Waals surface area contributed by atoms with Crippen LogP contribution in [0.5, 0.6) is 0 Å². The molecule has 0 spiro atoms. The van der Waals surface area contributed by atoms with Crippen LogP contribution < -0.4 is 5.32 Å². The van der Waals surface area contributed by atoms with E-state index in [1.54, 1.807) is 0 Å². The molecule has 2 rings (SSSR count). The summed E-state index contributed by atoms with van der Waals surface area (Å²) >= 11 is 10.4. The standard InChI is InChI=1S/C12H11BrClFN2OS/c1-2-3-7(13)11(18)17-12-16-10-8(14)4-6(15)5-9(10)19-12/h4-5,7H,2-3H2,1H3,(H,16,17,18)/t7-/m1/s1. The monoisotopic (exact) mass is 364 g/mol. The number of fused-ring (bicyclic) bond motifs is 1. The highest BCUT2D eigenvalue weighted by Gasteiger charge is 2.16. The number of benzene rings is 1. The summed E-state index contributed by atoms with van der Waals surface area (Å²) in [5.74, 6) is -0.569. The van der Waals surface area contributed by atoms with E-state index in [4.69, 9.17) is 11.6 Å². The van der Waals surface area contributed by atoms with Crippen molar-refractivity contribution in [3.05, 3.63) is 23.0 Å². The number of thiazole rings is 1. The van der Waals surface area contributed by atoms with Gasteiger partial charge in [0.25, 0.3) is 0 Å². The summed E-state index contributed by atoms with van der Waals surface area (Å²) in [6.45, 7) is 2.00. The fraction of sp³-hybridized carbons (Fsp3) is 0.333. The van der Waals surface area contributed by atoms with E-state index in [0.717, 1.165) is 12.8 Å². The maximum Gasteiger partial charge on any atom is 0.239 e. The molecule has 1 N–H and O–H groups in total. The van der Waals surface area contributed by atoms with Gasteiger partial charge >= 0.3 is 0 Å². The molecule has 0 radical (unpaired) electrons. The highest BCUT2D eigenvalue weighted by Crippen LogP contribution is 2.32. The van der Waals surface area contributed by atoms with Gasteiger partial charge in [0.2, 0.25) is 5.91 Å². The fourth-order valence-corrected chi connectivity index (χ4v) is 3.38.